The molecule has 138 valence electrons. The highest BCUT2D eigenvalue weighted by Crippen LogP contribution is 2.43. The summed E-state index contributed by atoms with van der Waals surface area (Å²) in [4.78, 5) is 25.5. The summed E-state index contributed by atoms with van der Waals surface area (Å²) >= 11 is 0. The van der Waals surface area contributed by atoms with Gasteiger partial charge in [0.2, 0.25) is 5.91 Å². The normalized spacial score (nSPS) is 22.3. The van der Waals surface area contributed by atoms with E-state index in [-0.39, 0.29) is 23.5 Å². The standard InChI is InChI=1S/C23H23NO3/c1-14-5-3-7-16(9-14)19-13-22(26)24-20-11-17(12-21(25)23(19)20)15-6-4-8-18(10-15)27-2/h3-10,17,19H,11-13H2,1-2H3,(H,24,26). The highest BCUT2D eigenvalue weighted by Gasteiger charge is 2.38. The first-order valence-electron chi connectivity index (χ1n) is 9.31. The van der Waals surface area contributed by atoms with Gasteiger partial charge in [0.25, 0.3) is 0 Å². The molecule has 0 saturated carbocycles. The van der Waals surface area contributed by atoms with Crippen molar-refractivity contribution in [3.05, 3.63) is 76.5 Å². The smallest absolute Gasteiger partial charge is 0.225 e. The van der Waals surface area contributed by atoms with Crippen LogP contribution in [-0.2, 0) is 9.59 Å². The summed E-state index contributed by atoms with van der Waals surface area (Å²) in [5, 5.41) is 2.98. The van der Waals surface area contributed by atoms with Gasteiger partial charge in [-0.2, -0.15) is 0 Å². The van der Waals surface area contributed by atoms with E-state index in [0.717, 1.165) is 33.7 Å². The fourth-order valence-corrected chi connectivity index (χ4v) is 4.26. The molecule has 4 heteroatoms. The predicted octanol–water partition coefficient (Wildman–Crippen LogP) is 4.01. The van der Waals surface area contributed by atoms with E-state index in [1.807, 2.05) is 49.4 Å². The van der Waals surface area contributed by atoms with Crippen molar-refractivity contribution in [2.75, 3.05) is 7.11 Å². The van der Waals surface area contributed by atoms with Crippen molar-refractivity contribution >= 4 is 11.7 Å². The topological polar surface area (TPSA) is 55.4 Å². The number of hydrogen-bond acceptors (Lipinski definition) is 3. The third kappa shape index (κ3) is 3.39. The molecule has 1 amide bonds. The Hall–Kier alpha value is -2.88. The van der Waals surface area contributed by atoms with Crippen LogP contribution in [0.1, 0.15) is 47.8 Å². The lowest BCUT2D eigenvalue weighted by Gasteiger charge is -2.34. The van der Waals surface area contributed by atoms with Crippen molar-refractivity contribution in [3.8, 4) is 5.75 Å². The molecule has 4 nitrogen and oxygen atoms in total. The third-order valence-corrected chi connectivity index (χ3v) is 5.55. The van der Waals surface area contributed by atoms with E-state index in [4.69, 9.17) is 4.74 Å². The van der Waals surface area contributed by atoms with Crippen LogP contribution in [0.25, 0.3) is 0 Å². The first kappa shape index (κ1) is 17.5. The van der Waals surface area contributed by atoms with Crippen molar-refractivity contribution in [2.45, 2.75) is 38.0 Å². The number of Topliss-reactive ketones (excluding diaryl/α,β-unsaturated/α-hetero) is 1. The molecule has 2 aromatic rings. The van der Waals surface area contributed by atoms with Crippen LogP contribution in [0.15, 0.2) is 59.8 Å². The van der Waals surface area contributed by atoms with Crippen LogP contribution in [-0.4, -0.2) is 18.8 Å². The molecule has 2 aliphatic rings. The van der Waals surface area contributed by atoms with Gasteiger partial charge in [0.15, 0.2) is 5.78 Å². The van der Waals surface area contributed by atoms with Gasteiger partial charge in [-0.25, -0.2) is 0 Å². The summed E-state index contributed by atoms with van der Waals surface area (Å²) in [7, 11) is 1.64. The van der Waals surface area contributed by atoms with Gasteiger partial charge in [0.05, 0.1) is 7.11 Å². The van der Waals surface area contributed by atoms with Crippen LogP contribution < -0.4 is 10.1 Å². The fourth-order valence-electron chi connectivity index (χ4n) is 4.26. The molecule has 1 aliphatic heterocycles. The number of methoxy groups -OCH3 is 1. The Morgan fingerprint density at radius 2 is 1.74 bits per heavy atom. The fraction of sp³-hybridized carbons (Fsp3) is 0.304. The van der Waals surface area contributed by atoms with Gasteiger partial charge < -0.3 is 10.1 Å². The first-order valence-corrected chi connectivity index (χ1v) is 9.31. The maximum atomic E-state index is 13.1. The van der Waals surface area contributed by atoms with Gasteiger partial charge in [-0.15, -0.1) is 0 Å². The van der Waals surface area contributed by atoms with Crippen molar-refractivity contribution in [1.82, 2.24) is 5.32 Å². The van der Waals surface area contributed by atoms with Crippen LogP contribution in [0, 0.1) is 6.92 Å². The van der Waals surface area contributed by atoms with Gasteiger partial charge in [0, 0.05) is 30.0 Å². The Kier molecular flexibility index (Phi) is 4.56. The number of ether oxygens (including phenoxy) is 1. The summed E-state index contributed by atoms with van der Waals surface area (Å²) in [6.45, 7) is 2.03. The minimum atomic E-state index is -0.146. The number of rotatable bonds is 3. The van der Waals surface area contributed by atoms with E-state index in [2.05, 4.69) is 11.4 Å². The number of aryl methyl sites for hydroxylation is 1. The molecule has 0 spiro atoms. The molecule has 1 aliphatic carbocycles. The van der Waals surface area contributed by atoms with Crippen LogP contribution in [0.4, 0.5) is 0 Å². The Balaban J connectivity index is 1.71. The summed E-state index contributed by atoms with van der Waals surface area (Å²) < 4.78 is 5.32. The Labute approximate surface area is 159 Å². The second-order valence-electron chi connectivity index (χ2n) is 7.42. The predicted molar refractivity (Wildman–Crippen MR) is 104 cm³/mol. The van der Waals surface area contributed by atoms with Gasteiger partial charge in [-0.3, -0.25) is 9.59 Å². The molecule has 0 saturated heterocycles. The number of amides is 1. The van der Waals surface area contributed by atoms with E-state index in [1.54, 1.807) is 7.11 Å². The lowest BCUT2D eigenvalue weighted by atomic mass is 9.73. The van der Waals surface area contributed by atoms with Gasteiger partial charge in [-0.1, -0.05) is 42.0 Å². The number of nitrogens with one attached hydrogen (secondary N) is 1. The highest BCUT2D eigenvalue weighted by atomic mass is 16.5. The Bertz CT molecular complexity index is 944. The maximum absolute atomic E-state index is 13.1. The molecule has 0 aromatic heterocycles. The van der Waals surface area contributed by atoms with Gasteiger partial charge in [0.1, 0.15) is 5.75 Å². The van der Waals surface area contributed by atoms with E-state index in [0.29, 0.717) is 19.3 Å². The summed E-state index contributed by atoms with van der Waals surface area (Å²) in [5.41, 5.74) is 4.84. The van der Waals surface area contributed by atoms with E-state index in [1.165, 1.54) is 0 Å². The van der Waals surface area contributed by atoms with Crippen LogP contribution in [0.2, 0.25) is 0 Å². The summed E-state index contributed by atoms with van der Waals surface area (Å²) in [6, 6.07) is 16.0. The first-order chi connectivity index (χ1) is 13.0. The molecule has 1 heterocycles. The number of benzene rings is 2. The number of allylic oxidation sites excluding steroid dienone is 2. The van der Waals surface area contributed by atoms with Crippen molar-refractivity contribution in [3.63, 3.8) is 0 Å². The lowest BCUT2D eigenvalue weighted by Crippen LogP contribution is -2.38. The minimum Gasteiger partial charge on any atom is -0.497 e. The zero-order valence-electron chi connectivity index (χ0n) is 15.6. The van der Waals surface area contributed by atoms with Crippen molar-refractivity contribution in [1.29, 1.82) is 0 Å². The molecular formula is C23H23NO3. The number of hydrogen-bond donors (Lipinski definition) is 1. The number of carbonyl (C=O) groups is 2. The molecular weight excluding hydrogens is 338 g/mol. The Morgan fingerprint density at radius 3 is 2.52 bits per heavy atom. The zero-order valence-corrected chi connectivity index (χ0v) is 15.6. The van der Waals surface area contributed by atoms with Crippen LogP contribution in [0.3, 0.4) is 0 Å². The quantitative estimate of drug-likeness (QED) is 0.899. The lowest BCUT2D eigenvalue weighted by molar-refractivity contribution is -0.122. The molecule has 27 heavy (non-hydrogen) atoms. The second kappa shape index (κ2) is 7.03. The monoisotopic (exact) mass is 361 g/mol. The largest absolute Gasteiger partial charge is 0.497 e. The molecule has 0 fully saturated rings. The molecule has 1 N–H and O–H groups in total. The van der Waals surface area contributed by atoms with E-state index in [9.17, 15) is 9.59 Å². The maximum Gasteiger partial charge on any atom is 0.225 e. The minimum absolute atomic E-state index is 0.0145. The Morgan fingerprint density at radius 1 is 0.963 bits per heavy atom. The highest BCUT2D eigenvalue weighted by molar-refractivity contribution is 6.02. The number of carbonyl (C=O) groups excluding carboxylic acids is 2. The molecule has 0 bridgehead atoms. The average molecular weight is 361 g/mol. The van der Waals surface area contributed by atoms with Crippen molar-refractivity contribution < 1.29 is 14.3 Å². The second-order valence-corrected chi connectivity index (χ2v) is 7.42. The van der Waals surface area contributed by atoms with Crippen LogP contribution in [0.5, 0.6) is 5.75 Å². The molecule has 0 radical (unpaired) electrons. The molecule has 2 unspecified atom stereocenters. The zero-order chi connectivity index (χ0) is 19.0. The summed E-state index contributed by atoms with van der Waals surface area (Å²) in [5.74, 6) is 0.815. The third-order valence-electron chi connectivity index (χ3n) is 5.55. The molecule has 2 aromatic carbocycles. The van der Waals surface area contributed by atoms with E-state index >= 15 is 0 Å². The van der Waals surface area contributed by atoms with Gasteiger partial charge >= 0.3 is 0 Å². The molecule has 4 rings (SSSR count). The molecule has 2 atom stereocenters. The van der Waals surface area contributed by atoms with Crippen LogP contribution >= 0.6 is 0 Å². The van der Waals surface area contributed by atoms with Crippen molar-refractivity contribution in [2.24, 2.45) is 0 Å². The van der Waals surface area contributed by atoms with E-state index < -0.39 is 0 Å². The average Bonchev–Trinajstić information content (AvgIpc) is 2.67. The van der Waals surface area contributed by atoms with Gasteiger partial charge in [-0.05, 0) is 42.5 Å². The SMILES string of the molecule is COc1cccc(C2CC(=O)C3=C(C2)NC(=O)CC3c2cccc(C)c2)c1. The number of ketones is 1. The summed E-state index contributed by atoms with van der Waals surface area (Å²) in [6.07, 6.45) is 1.46.